The zero-order valence-corrected chi connectivity index (χ0v) is 11.2. The van der Waals surface area contributed by atoms with Crippen LogP contribution in [0.4, 0.5) is 5.69 Å². The van der Waals surface area contributed by atoms with Crippen molar-refractivity contribution >= 4 is 11.5 Å². The number of Topliss-reactive ketones (excluding diaryl/α,β-unsaturated/α-hetero) is 1. The van der Waals surface area contributed by atoms with Crippen molar-refractivity contribution in [2.24, 2.45) is 0 Å². The average molecular weight is 247 g/mol. The van der Waals surface area contributed by atoms with Crippen LogP contribution in [0.1, 0.15) is 36.5 Å². The van der Waals surface area contributed by atoms with Crippen molar-refractivity contribution in [3.05, 3.63) is 29.8 Å². The number of rotatable bonds is 4. The zero-order valence-electron chi connectivity index (χ0n) is 11.2. The van der Waals surface area contributed by atoms with Gasteiger partial charge in [0.1, 0.15) is 0 Å². The summed E-state index contributed by atoms with van der Waals surface area (Å²) in [6, 6.07) is 7.90. The molecular weight excluding hydrogens is 226 g/mol. The summed E-state index contributed by atoms with van der Waals surface area (Å²) in [5.41, 5.74) is 1.91. The molecule has 0 saturated carbocycles. The Bertz CT molecular complexity index is 417. The highest BCUT2D eigenvalue weighted by Crippen LogP contribution is 2.25. The smallest absolute Gasteiger partial charge is 0.164 e. The summed E-state index contributed by atoms with van der Waals surface area (Å²) in [7, 11) is 1.76. The fourth-order valence-electron chi connectivity index (χ4n) is 2.53. The standard InChI is InChI=1S/C15H21NO2/c1-3-15(17)13-8-4-5-9-14(13)16-10-6-7-12(11-16)18-2/h4-5,8-9,12H,3,6-7,10-11H2,1-2H3. The van der Waals surface area contributed by atoms with Crippen molar-refractivity contribution < 1.29 is 9.53 Å². The van der Waals surface area contributed by atoms with Crippen molar-refractivity contribution in [3.8, 4) is 0 Å². The number of ketones is 1. The second kappa shape index (κ2) is 6.01. The molecule has 0 radical (unpaired) electrons. The van der Waals surface area contributed by atoms with Gasteiger partial charge in [0.2, 0.25) is 0 Å². The van der Waals surface area contributed by atoms with Crippen LogP contribution in [0.2, 0.25) is 0 Å². The van der Waals surface area contributed by atoms with E-state index >= 15 is 0 Å². The number of hydrogen-bond acceptors (Lipinski definition) is 3. The average Bonchev–Trinajstić information content (AvgIpc) is 2.46. The summed E-state index contributed by atoms with van der Waals surface area (Å²) in [4.78, 5) is 14.2. The lowest BCUT2D eigenvalue weighted by atomic mass is 10.0. The summed E-state index contributed by atoms with van der Waals surface area (Å²) in [6.45, 7) is 3.80. The lowest BCUT2D eigenvalue weighted by molar-refractivity contribution is 0.0889. The van der Waals surface area contributed by atoms with Gasteiger partial charge in [-0.15, -0.1) is 0 Å². The molecule has 0 bridgehead atoms. The van der Waals surface area contributed by atoms with E-state index in [-0.39, 0.29) is 11.9 Å². The molecule has 1 fully saturated rings. The van der Waals surface area contributed by atoms with Gasteiger partial charge in [-0.2, -0.15) is 0 Å². The highest BCUT2D eigenvalue weighted by Gasteiger charge is 2.22. The third-order valence-corrected chi connectivity index (χ3v) is 3.58. The van der Waals surface area contributed by atoms with Crippen LogP contribution >= 0.6 is 0 Å². The molecule has 1 saturated heterocycles. The Morgan fingerprint density at radius 2 is 2.22 bits per heavy atom. The number of methoxy groups -OCH3 is 1. The van der Waals surface area contributed by atoms with E-state index in [1.165, 1.54) is 0 Å². The van der Waals surface area contributed by atoms with Gasteiger partial charge in [0.25, 0.3) is 0 Å². The molecule has 0 N–H and O–H groups in total. The predicted octanol–water partition coefficient (Wildman–Crippen LogP) is 2.89. The van der Waals surface area contributed by atoms with Crippen LogP contribution in [-0.4, -0.2) is 32.1 Å². The zero-order chi connectivity index (χ0) is 13.0. The largest absolute Gasteiger partial charge is 0.380 e. The van der Waals surface area contributed by atoms with Crippen molar-refractivity contribution in [1.82, 2.24) is 0 Å². The maximum atomic E-state index is 12.0. The van der Waals surface area contributed by atoms with Crippen LogP contribution in [0.3, 0.4) is 0 Å². The second-order valence-corrected chi connectivity index (χ2v) is 4.74. The lowest BCUT2D eigenvalue weighted by Gasteiger charge is -2.34. The van der Waals surface area contributed by atoms with E-state index in [1.54, 1.807) is 7.11 Å². The van der Waals surface area contributed by atoms with Gasteiger partial charge in [-0.3, -0.25) is 4.79 Å². The molecule has 0 aliphatic carbocycles. The van der Waals surface area contributed by atoms with Crippen LogP contribution in [0.25, 0.3) is 0 Å². The van der Waals surface area contributed by atoms with Crippen LogP contribution in [0.15, 0.2) is 24.3 Å². The molecule has 3 nitrogen and oxygen atoms in total. The van der Waals surface area contributed by atoms with E-state index in [2.05, 4.69) is 4.90 Å². The first-order valence-electron chi connectivity index (χ1n) is 6.66. The molecule has 3 heteroatoms. The molecule has 1 unspecified atom stereocenters. The minimum atomic E-state index is 0.213. The number of carbonyl (C=O) groups excluding carboxylic acids is 1. The van der Waals surface area contributed by atoms with E-state index < -0.39 is 0 Å². The van der Waals surface area contributed by atoms with Crippen LogP contribution in [0, 0.1) is 0 Å². The summed E-state index contributed by atoms with van der Waals surface area (Å²) >= 11 is 0. The van der Waals surface area contributed by atoms with Gasteiger partial charge in [0.05, 0.1) is 6.10 Å². The molecule has 2 rings (SSSR count). The van der Waals surface area contributed by atoms with Gasteiger partial charge in [-0.25, -0.2) is 0 Å². The number of piperidine rings is 1. The molecule has 1 aliphatic heterocycles. The molecule has 0 amide bonds. The van der Waals surface area contributed by atoms with E-state index in [9.17, 15) is 4.79 Å². The Labute approximate surface area is 109 Å². The predicted molar refractivity (Wildman–Crippen MR) is 73.3 cm³/mol. The third-order valence-electron chi connectivity index (χ3n) is 3.58. The first-order valence-corrected chi connectivity index (χ1v) is 6.66. The number of hydrogen-bond donors (Lipinski definition) is 0. The first-order chi connectivity index (χ1) is 8.76. The van der Waals surface area contributed by atoms with Crippen molar-refractivity contribution in [3.63, 3.8) is 0 Å². The maximum Gasteiger partial charge on any atom is 0.164 e. The number of carbonyl (C=O) groups is 1. The quantitative estimate of drug-likeness (QED) is 0.766. The Kier molecular flexibility index (Phi) is 4.37. The van der Waals surface area contributed by atoms with E-state index in [1.807, 2.05) is 31.2 Å². The third kappa shape index (κ3) is 2.72. The Hall–Kier alpha value is -1.35. The van der Waals surface area contributed by atoms with Crippen LogP contribution < -0.4 is 4.90 Å². The van der Waals surface area contributed by atoms with E-state index in [0.717, 1.165) is 37.2 Å². The molecule has 0 spiro atoms. The molecule has 18 heavy (non-hydrogen) atoms. The molecule has 1 aromatic carbocycles. The van der Waals surface area contributed by atoms with E-state index in [0.29, 0.717) is 6.42 Å². The number of para-hydroxylation sites is 1. The van der Waals surface area contributed by atoms with Crippen molar-refractivity contribution in [1.29, 1.82) is 0 Å². The second-order valence-electron chi connectivity index (χ2n) is 4.74. The minimum absolute atomic E-state index is 0.213. The first kappa shape index (κ1) is 13.1. The van der Waals surface area contributed by atoms with Crippen molar-refractivity contribution in [2.75, 3.05) is 25.1 Å². The minimum Gasteiger partial charge on any atom is -0.380 e. The molecule has 1 heterocycles. The lowest BCUT2D eigenvalue weighted by Crippen LogP contribution is -2.39. The fraction of sp³-hybridized carbons (Fsp3) is 0.533. The van der Waals surface area contributed by atoms with Gasteiger partial charge in [0, 0.05) is 37.9 Å². The number of nitrogens with zero attached hydrogens (tertiary/aromatic N) is 1. The maximum absolute atomic E-state index is 12.0. The summed E-state index contributed by atoms with van der Waals surface area (Å²) in [5, 5.41) is 0. The monoisotopic (exact) mass is 247 g/mol. The molecule has 1 atom stereocenters. The number of benzene rings is 1. The molecular formula is C15H21NO2. The molecule has 98 valence electrons. The van der Waals surface area contributed by atoms with Crippen LogP contribution in [0.5, 0.6) is 0 Å². The van der Waals surface area contributed by atoms with Gasteiger partial charge >= 0.3 is 0 Å². The van der Waals surface area contributed by atoms with Gasteiger partial charge in [-0.1, -0.05) is 19.1 Å². The number of ether oxygens (including phenoxy) is 1. The topological polar surface area (TPSA) is 29.5 Å². The van der Waals surface area contributed by atoms with Gasteiger partial charge in [-0.05, 0) is 25.0 Å². The summed E-state index contributed by atoms with van der Waals surface area (Å²) in [5.74, 6) is 0.213. The molecule has 1 aliphatic rings. The Balaban J connectivity index is 2.24. The van der Waals surface area contributed by atoms with E-state index in [4.69, 9.17) is 4.74 Å². The van der Waals surface area contributed by atoms with Gasteiger partial charge < -0.3 is 9.64 Å². The fourth-order valence-corrected chi connectivity index (χ4v) is 2.53. The SMILES string of the molecule is CCC(=O)c1ccccc1N1CCCC(OC)C1. The molecule has 1 aromatic rings. The highest BCUT2D eigenvalue weighted by molar-refractivity contribution is 6.01. The molecule has 0 aromatic heterocycles. The summed E-state index contributed by atoms with van der Waals surface area (Å²) in [6.07, 6.45) is 3.06. The summed E-state index contributed by atoms with van der Waals surface area (Å²) < 4.78 is 5.44. The highest BCUT2D eigenvalue weighted by atomic mass is 16.5. The Morgan fingerprint density at radius 3 is 2.94 bits per heavy atom. The Morgan fingerprint density at radius 1 is 1.44 bits per heavy atom. The normalized spacial score (nSPS) is 19.9. The number of anilines is 1. The van der Waals surface area contributed by atoms with Crippen molar-refractivity contribution in [2.45, 2.75) is 32.3 Å². The van der Waals surface area contributed by atoms with Crippen LogP contribution in [-0.2, 0) is 4.74 Å². The van der Waals surface area contributed by atoms with Gasteiger partial charge in [0.15, 0.2) is 5.78 Å².